The number of rotatable bonds is 1. The van der Waals surface area contributed by atoms with E-state index in [-0.39, 0.29) is 11.3 Å². The zero-order valence-electron chi connectivity index (χ0n) is 11.7. The molecule has 0 aromatic carbocycles. The highest BCUT2D eigenvalue weighted by molar-refractivity contribution is 5.80. The van der Waals surface area contributed by atoms with Crippen molar-refractivity contribution in [1.82, 2.24) is 4.90 Å². The highest BCUT2D eigenvalue weighted by Crippen LogP contribution is 2.66. The summed E-state index contributed by atoms with van der Waals surface area (Å²) in [6, 6.07) is 2.62. The second kappa shape index (κ2) is 3.53. The fourth-order valence-corrected chi connectivity index (χ4v) is 6.32. The number of amides is 1. The summed E-state index contributed by atoms with van der Waals surface area (Å²) in [5.41, 5.74) is -0.364. The quantitative estimate of drug-likeness (QED) is 0.726. The van der Waals surface area contributed by atoms with E-state index in [0.717, 1.165) is 24.2 Å². The van der Waals surface area contributed by atoms with Gasteiger partial charge in [-0.25, -0.2) is 0 Å². The molecule has 0 N–H and O–H groups in total. The van der Waals surface area contributed by atoms with E-state index < -0.39 is 5.54 Å². The van der Waals surface area contributed by atoms with Crippen molar-refractivity contribution in [2.24, 2.45) is 23.2 Å². The van der Waals surface area contributed by atoms with Crippen LogP contribution in [0.25, 0.3) is 0 Å². The predicted octanol–water partition coefficient (Wildman–Crippen LogP) is 2.72. The molecular weight excluding hydrogens is 236 g/mol. The number of hydrogen-bond acceptors (Lipinski definition) is 2. The van der Waals surface area contributed by atoms with Crippen LogP contribution in [0.4, 0.5) is 0 Å². The van der Waals surface area contributed by atoms with Gasteiger partial charge in [-0.2, -0.15) is 5.26 Å². The van der Waals surface area contributed by atoms with Crippen molar-refractivity contribution in [2.45, 2.75) is 56.9 Å². The maximum atomic E-state index is 12.0. The van der Waals surface area contributed by atoms with Crippen LogP contribution in [0.3, 0.4) is 0 Å². The first-order valence-electron chi connectivity index (χ1n) is 7.76. The maximum Gasteiger partial charge on any atom is 0.223 e. The Labute approximate surface area is 115 Å². The summed E-state index contributed by atoms with van der Waals surface area (Å²) in [4.78, 5) is 13.8. The smallest absolute Gasteiger partial charge is 0.223 e. The Bertz CT molecular complexity index is 442. The minimum atomic E-state index is -0.486. The van der Waals surface area contributed by atoms with Crippen LogP contribution in [0, 0.1) is 34.5 Å². The number of likely N-dealkylation sites (tertiary alicyclic amines) is 1. The summed E-state index contributed by atoms with van der Waals surface area (Å²) < 4.78 is 0. The second-order valence-electron chi connectivity index (χ2n) is 7.62. The SMILES string of the molecule is CN1C(=O)CCC1(C#N)C12CC3CC(CC(C3)C1)C2. The average Bonchev–Trinajstić information content (AvgIpc) is 2.66. The molecule has 0 aromatic heterocycles. The largest absolute Gasteiger partial charge is 0.327 e. The van der Waals surface area contributed by atoms with Gasteiger partial charge in [-0.15, -0.1) is 0 Å². The van der Waals surface area contributed by atoms with Gasteiger partial charge in [-0.1, -0.05) is 0 Å². The third kappa shape index (κ3) is 1.30. The van der Waals surface area contributed by atoms with Crippen molar-refractivity contribution in [3.8, 4) is 6.07 Å². The van der Waals surface area contributed by atoms with E-state index in [1.807, 2.05) is 11.9 Å². The Balaban J connectivity index is 1.78. The summed E-state index contributed by atoms with van der Waals surface area (Å²) in [7, 11) is 1.87. The van der Waals surface area contributed by atoms with Crippen molar-refractivity contribution < 1.29 is 4.79 Å². The molecule has 4 bridgehead atoms. The first kappa shape index (κ1) is 11.8. The van der Waals surface area contributed by atoms with E-state index in [1.165, 1.54) is 38.5 Å². The van der Waals surface area contributed by atoms with Gasteiger partial charge in [0.1, 0.15) is 5.54 Å². The van der Waals surface area contributed by atoms with Gasteiger partial charge in [-0.3, -0.25) is 4.79 Å². The predicted molar refractivity (Wildman–Crippen MR) is 71.0 cm³/mol. The van der Waals surface area contributed by atoms with Gasteiger partial charge >= 0.3 is 0 Å². The van der Waals surface area contributed by atoms with Crippen LogP contribution in [0.1, 0.15) is 51.4 Å². The van der Waals surface area contributed by atoms with Gasteiger partial charge in [0.25, 0.3) is 0 Å². The normalized spacial score (nSPS) is 51.7. The first-order chi connectivity index (χ1) is 9.08. The standard InChI is InChI=1S/C16H22N2O/c1-18-14(19)2-3-16(18,10-17)15-7-11-4-12(8-15)6-13(5-11)9-15/h11-13H,2-9H2,1H3. The Kier molecular flexibility index (Phi) is 2.19. The monoisotopic (exact) mass is 258 g/mol. The molecule has 0 spiro atoms. The molecule has 1 saturated heterocycles. The van der Waals surface area contributed by atoms with E-state index >= 15 is 0 Å². The number of hydrogen-bond donors (Lipinski definition) is 0. The van der Waals surface area contributed by atoms with Crippen molar-refractivity contribution >= 4 is 5.91 Å². The summed E-state index contributed by atoms with van der Waals surface area (Å²) in [6.45, 7) is 0. The van der Waals surface area contributed by atoms with Gasteiger partial charge < -0.3 is 4.90 Å². The molecule has 19 heavy (non-hydrogen) atoms. The molecule has 4 saturated carbocycles. The van der Waals surface area contributed by atoms with Crippen molar-refractivity contribution in [3.63, 3.8) is 0 Å². The molecule has 3 heteroatoms. The molecule has 3 nitrogen and oxygen atoms in total. The fraction of sp³-hybridized carbons (Fsp3) is 0.875. The third-order valence-electron chi connectivity index (χ3n) is 6.75. The van der Waals surface area contributed by atoms with Crippen LogP contribution in [0.5, 0.6) is 0 Å². The summed E-state index contributed by atoms with van der Waals surface area (Å²) in [5, 5.41) is 9.92. The molecule has 1 heterocycles. The Morgan fingerprint density at radius 1 is 1.16 bits per heavy atom. The van der Waals surface area contributed by atoms with Crippen LogP contribution in [-0.4, -0.2) is 23.4 Å². The molecule has 102 valence electrons. The van der Waals surface area contributed by atoms with Crippen LogP contribution in [-0.2, 0) is 4.79 Å². The minimum absolute atomic E-state index is 0.122. The van der Waals surface area contributed by atoms with Crippen molar-refractivity contribution in [3.05, 3.63) is 0 Å². The molecule has 4 aliphatic carbocycles. The van der Waals surface area contributed by atoms with Gasteiger partial charge in [0.2, 0.25) is 5.91 Å². The van der Waals surface area contributed by atoms with E-state index in [0.29, 0.717) is 6.42 Å². The van der Waals surface area contributed by atoms with Crippen LogP contribution < -0.4 is 0 Å². The van der Waals surface area contributed by atoms with Gasteiger partial charge in [0, 0.05) is 18.9 Å². The topological polar surface area (TPSA) is 44.1 Å². The van der Waals surface area contributed by atoms with Gasteiger partial charge in [0.15, 0.2) is 0 Å². The molecule has 5 rings (SSSR count). The summed E-state index contributed by atoms with van der Waals surface area (Å²) in [5.74, 6) is 2.68. The molecule has 1 unspecified atom stereocenters. The molecule has 0 aromatic rings. The van der Waals surface area contributed by atoms with Gasteiger partial charge in [-0.05, 0) is 62.7 Å². The fourth-order valence-electron chi connectivity index (χ4n) is 6.32. The number of carbonyl (C=O) groups excluding carboxylic acids is 1. The average molecular weight is 258 g/mol. The Morgan fingerprint density at radius 2 is 1.68 bits per heavy atom. The van der Waals surface area contributed by atoms with E-state index in [9.17, 15) is 10.1 Å². The molecule has 1 amide bonds. The second-order valence-corrected chi connectivity index (χ2v) is 7.62. The number of nitrogens with zero attached hydrogens (tertiary/aromatic N) is 2. The Hall–Kier alpha value is -1.04. The van der Waals surface area contributed by atoms with Crippen molar-refractivity contribution in [1.29, 1.82) is 5.26 Å². The Morgan fingerprint density at radius 3 is 2.05 bits per heavy atom. The first-order valence-corrected chi connectivity index (χ1v) is 7.76. The summed E-state index contributed by atoms with van der Waals surface area (Å²) >= 11 is 0. The molecule has 5 aliphatic rings. The number of carbonyl (C=O) groups is 1. The van der Waals surface area contributed by atoms with E-state index in [4.69, 9.17) is 0 Å². The summed E-state index contributed by atoms with van der Waals surface area (Å²) in [6.07, 6.45) is 9.10. The zero-order chi connectivity index (χ0) is 13.3. The molecule has 0 radical (unpaired) electrons. The van der Waals surface area contributed by atoms with Crippen molar-refractivity contribution in [2.75, 3.05) is 7.05 Å². The van der Waals surface area contributed by atoms with E-state index in [2.05, 4.69) is 6.07 Å². The minimum Gasteiger partial charge on any atom is -0.327 e. The molecule has 1 aliphatic heterocycles. The molecular formula is C16H22N2O. The zero-order valence-corrected chi connectivity index (χ0v) is 11.7. The lowest BCUT2D eigenvalue weighted by Crippen LogP contribution is -2.62. The van der Waals surface area contributed by atoms with Crippen LogP contribution in [0.2, 0.25) is 0 Å². The highest BCUT2D eigenvalue weighted by Gasteiger charge is 2.64. The number of nitriles is 1. The highest BCUT2D eigenvalue weighted by atomic mass is 16.2. The lowest BCUT2D eigenvalue weighted by atomic mass is 9.44. The van der Waals surface area contributed by atoms with Crippen LogP contribution in [0.15, 0.2) is 0 Å². The lowest BCUT2D eigenvalue weighted by Gasteiger charge is -2.62. The van der Waals surface area contributed by atoms with Gasteiger partial charge in [0.05, 0.1) is 6.07 Å². The maximum absolute atomic E-state index is 12.0. The molecule has 5 fully saturated rings. The van der Waals surface area contributed by atoms with Crippen LogP contribution >= 0.6 is 0 Å². The lowest BCUT2D eigenvalue weighted by molar-refractivity contribution is -0.142. The third-order valence-corrected chi connectivity index (χ3v) is 6.75. The molecule has 1 atom stereocenters. The van der Waals surface area contributed by atoms with E-state index in [1.54, 1.807) is 0 Å².